The van der Waals surface area contributed by atoms with E-state index in [0.29, 0.717) is 53.7 Å². The molecule has 168 valence electrons. The van der Waals surface area contributed by atoms with E-state index in [1.54, 1.807) is 30.1 Å². The quantitative estimate of drug-likeness (QED) is 0.433. The van der Waals surface area contributed by atoms with Gasteiger partial charge in [-0.15, -0.1) is 0 Å². The summed E-state index contributed by atoms with van der Waals surface area (Å²) in [5.41, 5.74) is 10.5. The number of aromatic nitrogens is 5. The highest BCUT2D eigenvalue weighted by molar-refractivity contribution is 6.03. The van der Waals surface area contributed by atoms with E-state index in [-0.39, 0.29) is 5.91 Å². The molecule has 0 atom stereocenters. The smallest absolute Gasteiger partial charge is 0.276 e. The fourth-order valence-electron chi connectivity index (χ4n) is 3.70. The Kier molecular flexibility index (Phi) is 6.00. The molecule has 0 bridgehead atoms. The Balaban J connectivity index is 1.79. The molecule has 0 aliphatic carbocycles. The van der Waals surface area contributed by atoms with E-state index in [4.69, 9.17) is 15.5 Å². The third-order valence-corrected chi connectivity index (χ3v) is 5.27. The summed E-state index contributed by atoms with van der Waals surface area (Å²) in [4.78, 5) is 22.1. The Hall–Kier alpha value is -4.32. The van der Waals surface area contributed by atoms with Gasteiger partial charge in [-0.3, -0.25) is 19.8 Å². The van der Waals surface area contributed by atoms with E-state index in [1.165, 1.54) is 0 Å². The normalized spacial score (nSPS) is 10.8. The van der Waals surface area contributed by atoms with Gasteiger partial charge in [-0.2, -0.15) is 5.10 Å². The fourth-order valence-corrected chi connectivity index (χ4v) is 3.70. The maximum Gasteiger partial charge on any atom is 0.276 e. The SMILES string of the molecule is C=C(N)c1cc(OC)c2c(c1)nc(NC(=O)c1cc(C)nn1CC)n2CCc1cc#ccn1. The van der Waals surface area contributed by atoms with Crippen molar-refractivity contribution < 1.29 is 9.53 Å². The van der Waals surface area contributed by atoms with Gasteiger partial charge in [0.15, 0.2) is 0 Å². The molecule has 4 aromatic rings. The predicted molar refractivity (Wildman–Crippen MR) is 126 cm³/mol. The summed E-state index contributed by atoms with van der Waals surface area (Å²) in [7, 11) is 1.58. The van der Waals surface area contributed by atoms with Gasteiger partial charge in [-0.05, 0) is 32.0 Å². The summed E-state index contributed by atoms with van der Waals surface area (Å²) in [5.74, 6) is 0.677. The molecule has 9 nitrogen and oxygen atoms in total. The molecule has 0 aliphatic heterocycles. The zero-order valence-electron chi connectivity index (χ0n) is 18.8. The number of ether oxygens (including phenoxy) is 1. The first-order valence-electron chi connectivity index (χ1n) is 10.5. The molecule has 9 heteroatoms. The van der Waals surface area contributed by atoms with Gasteiger partial charge in [-0.25, -0.2) is 4.98 Å². The lowest BCUT2D eigenvalue weighted by molar-refractivity contribution is 0.101. The fraction of sp³-hybridized carbons (Fsp3) is 0.250. The van der Waals surface area contributed by atoms with E-state index in [0.717, 1.165) is 16.9 Å². The number of amides is 1. The number of benzene rings is 1. The third kappa shape index (κ3) is 4.36. The minimum atomic E-state index is -0.294. The number of hydrogen-bond acceptors (Lipinski definition) is 6. The van der Waals surface area contributed by atoms with Crippen LogP contribution < -0.4 is 15.8 Å². The van der Waals surface area contributed by atoms with Gasteiger partial charge in [-0.1, -0.05) is 18.7 Å². The van der Waals surface area contributed by atoms with Crippen LogP contribution in [-0.4, -0.2) is 37.3 Å². The van der Waals surface area contributed by atoms with Gasteiger partial charge in [0.2, 0.25) is 5.95 Å². The van der Waals surface area contributed by atoms with Gasteiger partial charge in [0, 0.05) is 36.8 Å². The number of nitrogens with two attached hydrogens (primary N) is 1. The Bertz CT molecular complexity index is 1320. The van der Waals surface area contributed by atoms with Crippen molar-refractivity contribution in [2.45, 2.75) is 33.4 Å². The summed E-state index contributed by atoms with van der Waals surface area (Å²) in [5, 5.41) is 7.31. The van der Waals surface area contributed by atoms with Crippen LogP contribution in [-0.2, 0) is 19.5 Å². The third-order valence-electron chi connectivity index (χ3n) is 5.27. The number of rotatable bonds is 8. The first-order chi connectivity index (χ1) is 15.9. The number of nitrogens with zero attached hydrogens (tertiary/aromatic N) is 5. The molecule has 0 saturated carbocycles. The van der Waals surface area contributed by atoms with Crippen molar-refractivity contribution in [3.8, 4) is 5.75 Å². The van der Waals surface area contributed by atoms with Crippen molar-refractivity contribution in [3.63, 3.8) is 0 Å². The van der Waals surface area contributed by atoms with Gasteiger partial charge in [0.25, 0.3) is 5.91 Å². The van der Waals surface area contributed by atoms with Crippen LogP contribution in [0.1, 0.15) is 34.4 Å². The van der Waals surface area contributed by atoms with Crippen LogP contribution in [0.5, 0.6) is 5.75 Å². The van der Waals surface area contributed by atoms with Crippen LogP contribution in [0.3, 0.4) is 0 Å². The Morgan fingerprint density at radius 2 is 2.12 bits per heavy atom. The summed E-state index contributed by atoms with van der Waals surface area (Å²) < 4.78 is 9.21. The van der Waals surface area contributed by atoms with Crippen molar-refractivity contribution in [1.29, 1.82) is 0 Å². The highest BCUT2D eigenvalue weighted by Gasteiger charge is 2.21. The van der Waals surface area contributed by atoms with Crippen LogP contribution in [0.25, 0.3) is 16.7 Å². The highest BCUT2D eigenvalue weighted by atomic mass is 16.5. The number of fused-ring (bicyclic) bond motifs is 1. The van der Waals surface area contributed by atoms with Crippen molar-refractivity contribution >= 4 is 28.6 Å². The second-order valence-corrected chi connectivity index (χ2v) is 7.53. The summed E-state index contributed by atoms with van der Waals surface area (Å²) in [6.45, 7) is 8.69. The Morgan fingerprint density at radius 3 is 2.79 bits per heavy atom. The molecule has 0 fully saturated rings. The number of hydrogen-bond donors (Lipinski definition) is 2. The molecule has 0 aliphatic rings. The van der Waals surface area contributed by atoms with Crippen LogP contribution in [0.4, 0.5) is 5.95 Å². The van der Waals surface area contributed by atoms with Crippen LogP contribution in [0.15, 0.2) is 37.0 Å². The zero-order valence-corrected chi connectivity index (χ0v) is 18.8. The molecule has 3 heterocycles. The number of nitrogens with one attached hydrogen (secondary N) is 1. The first-order valence-corrected chi connectivity index (χ1v) is 10.5. The maximum atomic E-state index is 13.1. The van der Waals surface area contributed by atoms with E-state index >= 15 is 0 Å². The largest absolute Gasteiger partial charge is 0.494 e. The molecule has 3 N–H and O–H groups in total. The predicted octanol–water partition coefficient (Wildman–Crippen LogP) is 2.99. The van der Waals surface area contributed by atoms with Gasteiger partial charge >= 0.3 is 0 Å². The number of aryl methyl sites for hydroxylation is 4. The first kappa shape index (κ1) is 21.9. The number of carbonyl (C=O) groups excluding carboxylic acids is 1. The Morgan fingerprint density at radius 1 is 1.30 bits per heavy atom. The lowest BCUT2D eigenvalue weighted by Gasteiger charge is -2.12. The lowest BCUT2D eigenvalue weighted by atomic mass is 10.1. The van der Waals surface area contributed by atoms with Crippen molar-refractivity contribution in [2.24, 2.45) is 5.73 Å². The van der Waals surface area contributed by atoms with Crippen LogP contribution in [0, 0.1) is 19.1 Å². The molecule has 0 radical (unpaired) electrons. The van der Waals surface area contributed by atoms with E-state index in [1.807, 2.05) is 30.5 Å². The second-order valence-electron chi connectivity index (χ2n) is 7.53. The van der Waals surface area contributed by atoms with E-state index < -0.39 is 0 Å². The van der Waals surface area contributed by atoms with Crippen LogP contribution >= 0.6 is 0 Å². The molecule has 0 spiro atoms. The van der Waals surface area contributed by atoms with Crippen molar-refractivity contribution in [1.82, 2.24) is 24.3 Å². The van der Waals surface area contributed by atoms with E-state index in [2.05, 4.69) is 34.1 Å². The van der Waals surface area contributed by atoms with Gasteiger partial charge in [0.05, 0.1) is 30.2 Å². The van der Waals surface area contributed by atoms with E-state index in [9.17, 15) is 4.79 Å². The van der Waals surface area contributed by atoms with Crippen molar-refractivity contribution in [3.05, 3.63) is 71.8 Å². The molecule has 0 unspecified atom stereocenters. The minimum absolute atomic E-state index is 0.294. The molecular weight excluding hydrogens is 418 g/mol. The minimum Gasteiger partial charge on any atom is -0.494 e. The summed E-state index contributed by atoms with van der Waals surface area (Å²) >= 11 is 0. The van der Waals surface area contributed by atoms with Gasteiger partial charge < -0.3 is 15.0 Å². The molecule has 3 aromatic heterocycles. The second kappa shape index (κ2) is 9.04. The molecule has 1 aromatic carbocycles. The Labute approximate surface area is 191 Å². The van der Waals surface area contributed by atoms with Crippen LogP contribution in [0.2, 0.25) is 0 Å². The average molecular weight is 444 g/mol. The number of carbonyl (C=O) groups is 1. The standard InChI is InChI=1S/C24H25N7O2/c1-5-31-20(12-15(2)29-31)23(32)28-24-27-19-13-17(16(3)25)14-21(33-4)22(19)30(24)11-9-18-8-6-7-10-26-18/h8,10,12-14H,3,5,9,11,25H2,1-2,4H3,(H,27,28,32). The number of anilines is 1. The summed E-state index contributed by atoms with van der Waals surface area (Å²) in [6.07, 6.45) is 2.18. The average Bonchev–Trinajstić information content (AvgIpc) is 3.37. The topological polar surface area (TPSA) is 113 Å². The molecule has 0 saturated heterocycles. The van der Waals surface area contributed by atoms with Crippen molar-refractivity contribution in [2.75, 3.05) is 12.4 Å². The molecule has 33 heavy (non-hydrogen) atoms. The molecular formula is C24H25N7O2. The zero-order chi connectivity index (χ0) is 23.5. The number of imidazole rings is 1. The molecule has 4 rings (SSSR count). The summed E-state index contributed by atoms with van der Waals surface area (Å²) in [6, 6.07) is 12.9. The lowest BCUT2D eigenvalue weighted by Crippen LogP contribution is -2.20. The maximum absolute atomic E-state index is 13.1. The molecule has 1 amide bonds. The number of methoxy groups -OCH3 is 1. The van der Waals surface area contributed by atoms with Gasteiger partial charge in [0.1, 0.15) is 17.0 Å². The highest BCUT2D eigenvalue weighted by Crippen LogP contribution is 2.32. The monoisotopic (exact) mass is 443 g/mol.